The van der Waals surface area contributed by atoms with Gasteiger partial charge in [0.25, 0.3) is 0 Å². The normalized spacial score (nSPS) is 53.2. The molecule has 1 saturated heterocycles. The molecule has 1 aliphatic heterocycles. The average molecular weight is 264 g/mol. The molecule has 1 heteroatoms. The van der Waals surface area contributed by atoms with Gasteiger partial charge in [0, 0.05) is 6.61 Å². The van der Waals surface area contributed by atoms with E-state index in [1.54, 1.807) is 0 Å². The molecule has 0 aromatic rings. The number of fused-ring (bicyclic) bond motifs is 3. The van der Waals surface area contributed by atoms with E-state index < -0.39 is 0 Å². The van der Waals surface area contributed by atoms with E-state index in [4.69, 9.17) is 4.74 Å². The molecule has 0 aromatic carbocycles. The second-order valence-electron chi connectivity index (χ2n) is 8.96. The maximum atomic E-state index is 6.36. The van der Waals surface area contributed by atoms with Crippen molar-refractivity contribution in [2.75, 3.05) is 6.61 Å². The van der Waals surface area contributed by atoms with Gasteiger partial charge in [-0.2, -0.15) is 0 Å². The Bertz CT molecular complexity index is 361. The summed E-state index contributed by atoms with van der Waals surface area (Å²) >= 11 is 0. The molecule has 2 aliphatic carbocycles. The molecule has 3 rings (SSSR count). The number of ether oxygens (including phenoxy) is 1. The van der Waals surface area contributed by atoms with Crippen molar-refractivity contribution in [2.24, 2.45) is 28.6 Å². The molecule has 0 unspecified atom stereocenters. The molecule has 3 fully saturated rings. The van der Waals surface area contributed by atoms with Crippen LogP contribution in [-0.4, -0.2) is 12.2 Å². The zero-order chi connectivity index (χ0) is 13.9. The lowest BCUT2D eigenvalue weighted by Crippen LogP contribution is -2.60. The molecule has 0 spiro atoms. The minimum absolute atomic E-state index is 0.172. The van der Waals surface area contributed by atoms with E-state index in [1.807, 2.05) is 0 Å². The van der Waals surface area contributed by atoms with Crippen molar-refractivity contribution in [3.63, 3.8) is 0 Å². The minimum Gasteiger partial charge on any atom is -0.375 e. The van der Waals surface area contributed by atoms with Gasteiger partial charge in [-0.3, -0.25) is 0 Å². The minimum atomic E-state index is 0.172. The van der Waals surface area contributed by atoms with Crippen LogP contribution < -0.4 is 0 Å². The van der Waals surface area contributed by atoms with Gasteiger partial charge in [-0.15, -0.1) is 0 Å². The highest BCUT2D eigenvalue weighted by Gasteiger charge is 2.59. The van der Waals surface area contributed by atoms with Crippen molar-refractivity contribution in [1.82, 2.24) is 0 Å². The van der Waals surface area contributed by atoms with Crippen LogP contribution in [0.25, 0.3) is 0 Å². The van der Waals surface area contributed by atoms with Gasteiger partial charge in [-0.25, -0.2) is 0 Å². The molecule has 1 heterocycles. The van der Waals surface area contributed by atoms with E-state index in [1.165, 1.54) is 38.5 Å². The molecular formula is C18H32O. The molecule has 1 nitrogen and oxygen atoms in total. The lowest BCUT2D eigenvalue weighted by Gasteiger charge is -2.64. The first kappa shape index (κ1) is 13.9. The highest BCUT2D eigenvalue weighted by atomic mass is 16.5. The van der Waals surface area contributed by atoms with Crippen molar-refractivity contribution in [3.8, 4) is 0 Å². The summed E-state index contributed by atoms with van der Waals surface area (Å²) in [6.07, 6.45) is 8.32. The maximum Gasteiger partial charge on any atom is 0.0688 e. The summed E-state index contributed by atoms with van der Waals surface area (Å²) in [6, 6.07) is 0. The zero-order valence-electron chi connectivity index (χ0n) is 13.6. The lowest BCUT2D eigenvalue weighted by molar-refractivity contribution is -0.223. The van der Waals surface area contributed by atoms with Crippen LogP contribution in [0, 0.1) is 28.6 Å². The molecule has 2 saturated carbocycles. The Morgan fingerprint density at radius 1 is 0.947 bits per heavy atom. The van der Waals surface area contributed by atoms with Gasteiger partial charge in [0.05, 0.1) is 5.60 Å². The molecule has 0 bridgehead atoms. The molecule has 19 heavy (non-hydrogen) atoms. The van der Waals surface area contributed by atoms with E-state index in [2.05, 4.69) is 34.6 Å². The first-order chi connectivity index (χ1) is 8.78. The van der Waals surface area contributed by atoms with E-state index in [0.29, 0.717) is 10.8 Å². The van der Waals surface area contributed by atoms with E-state index >= 15 is 0 Å². The largest absolute Gasteiger partial charge is 0.375 e. The topological polar surface area (TPSA) is 9.23 Å². The molecule has 0 radical (unpaired) electrons. The molecule has 110 valence electrons. The number of hydrogen-bond acceptors (Lipinski definition) is 1. The van der Waals surface area contributed by atoms with Crippen molar-refractivity contribution < 1.29 is 4.74 Å². The first-order valence-electron chi connectivity index (χ1n) is 8.42. The van der Waals surface area contributed by atoms with Gasteiger partial charge in [-0.05, 0) is 67.6 Å². The molecule has 3 aliphatic rings. The molecule has 0 N–H and O–H groups in total. The van der Waals surface area contributed by atoms with Crippen molar-refractivity contribution >= 4 is 0 Å². The van der Waals surface area contributed by atoms with Crippen LogP contribution in [0.4, 0.5) is 0 Å². The maximum absolute atomic E-state index is 6.36. The van der Waals surface area contributed by atoms with E-state index in [9.17, 15) is 0 Å². The Labute approximate surface area is 119 Å². The predicted molar refractivity (Wildman–Crippen MR) is 80.1 cm³/mol. The molecule has 5 atom stereocenters. The summed E-state index contributed by atoms with van der Waals surface area (Å²) in [6.45, 7) is 13.4. The Morgan fingerprint density at radius 3 is 2.42 bits per heavy atom. The zero-order valence-corrected chi connectivity index (χ0v) is 13.6. The van der Waals surface area contributed by atoms with Crippen molar-refractivity contribution in [3.05, 3.63) is 0 Å². The lowest BCUT2D eigenvalue weighted by atomic mass is 9.44. The summed E-state index contributed by atoms with van der Waals surface area (Å²) < 4.78 is 6.36. The fourth-order valence-electron chi connectivity index (χ4n) is 6.10. The quantitative estimate of drug-likeness (QED) is 0.595. The fourth-order valence-corrected chi connectivity index (χ4v) is 6.10. The molecule has 0 amide bonds. The third-order valence-corrected chi connectivity index (χ3v) is 7.07. The number of hydrogen-bond donors (Lipinski definition) is 0. The second kappa shape index (κ2) is 4.23. The van der Waals surface area contributed by atoms with E-state index in [-0.39, 0.29) is 5.60 Å². The summed E-state index contributed by atoms with van der Waals surface area (Å²) in [7, 11) is 0. The fraction of sp³-hybridized carbons (Fsp3) is 1.00. The Hall–Kier alpha value is -0.0400. The van der Waals surface area contributed by atoms with Crippen LogP contribution in [0.2, 0.25) is 0 Å². The predicted octanol–water partition coefficient (Wildman–Crippen LogP) is 5.04. The SMILES string of the molecule is C[C@H]1CO[C@]2(C)CC[C@H]3C(C)(C)CCC[C@]3(C)[C@H]2C1. The Kier molecular flexibility index (Phi) is 3.10. The van der Waals surface area contributed by atoms with Crippen LogP contribution in [0.5, 0.6) is 0 Å². The van der Waals surface area contributed by atoms with Crippen LogP contribution in [0.1, 0.15) is 73.1 Å². The van der Waals surface area contributed by atoms with Crippen molar-refractivity contribution in [2.45, 2.75) is 78.7 Å². The smallest absolute Gasteiger partial charge is 0.0688 e. The highest BCUT2D eigenvalue weighted by Crippen LogP contribution is 2.64. The first-order valence-corrected chi connectivity index (χ1v) is 8.42. The van der Waals surface area contributed by atoms with Crippen molar-refractivity contribution in [1.29, 1.82) is 0 Å². The Morgan fingerprint density at radius 2 is 1.68 bits per heavy atom. The van der Waals surface area contributed by atoms with Gasteiger partial charge in [0.2, 0.25) is 0 Å². The third kappa shape index (κ3) is 1.99. The van der Waals surface area contributed by atoms with Crippen LogP contribution in [0.3, 0.4) is 0 Å². The van der Waals surface area contributed by atoms with Gasteiger partial charge in [-0.1, -0.05) is 34.1 Å². The summed E-state index contributed by atoms with van der Waals surface area (Å²) in [5.74, 6) is 2.43. The monoisotopic (exact) mass is 264 g/mol. The summed E-state index contributed by atoms with van der Waals surface area (Å²) in [4.78, 5) is 0. The third-order valence-electron chi connectivity index (χ3n) is 7.07. The van der Waals surface area contributed by atoms with E-state index in [0.717, 1.165) is 24.4 Å². The van der Waals surface area contributed by atoms with Gasteiger partial charge in [0.15, 0.2) is 0 Å². The van der Waals surface area contributed by atoms with Gasteiger partial charge < -0.3 is 4.74 Å². The second-order valence-corrected chi connectivity index (χ2v) is 8.96. The molecule has 0 aromatic heterocycles. The van der Waals surface area contributed by atoms with Crippen LogP contribution >= 0.6 is 0 Å². The standard InChI is InChI=1S/C18H32O/c1-13-11-15-17(4)9-6-8-16(2,3)14(17)7-10-18(15,5)19-12-13/h13-15H,6-12H2,1-5H3/t13-,14+,15-,17+,18-/m1/s1. The molecular weight excluding hydrogens is 232 g/mol. The number of rotatable bonds is 0. The highest BCUT2D eigenvalue weighted by molar-refractivity contribution is 5.09. The van der Waals surface area contributed by atoms with Gasteiger partial charge >= 0.3 is 0 Å². The van der Waals surface area contributed by atoms with Crippen LogP contribution in [0.15, 0.2) is 0 Å². The van der Waals surface area contributed by atoms with Crippen LogP contribution in [-0.2, 0) is 4.74 Å². The summed E-state index contributed by atoms with van der Waals surface area (Å²) in [5.41, 5.74) is 1.23. The Balaban J connectivity index is 1.96. The summed E-state index contributed by atoms with van der Waals surface area (Å²) in [5, 5.41) is 0. The van der Waals surface area contributed by atoms with Gasteiger partial charge in [0.1, 0.15) is 0 Å². The average Bonchev–Trinajstić information content (AvgIpc) is 2.30.